The van der Waals surface area contributed by atoms with Gasteiger partial charge in [-0.25, -0.2) is 8.42 Å². The van der Waals surface area contributed by atoms with Crippen molar-refractivity contribution >= 4 is 9.84 Å². The summed E-state index contributed by atoms with van der Waals surface area (Å²) in [4.78, 5) is 2.14. The van der Waals surface area contributed by atoms with E-state index in [0.717, 1.165) is 23.6 Å². The summed E-state index contributed by atoms with van der Waals surface area (Å²) in [6.45, 7) is 4.26. The molecule has 0 aromatic carbocycles. The van der Waals surface area contributed by atoms with E-state index in [2.05, 4.69) is 4.90 Å². The van der Waals surface area contributed by atoms with Crippen molar-refractivity contribution in [2.24, 2.45) is 5.73 Å². The van der Waals surface area contributed by atoms with Crippen molar-refractivity contribution in [2.75, 3.05) is 24.6 Å². The Bertz CT molecular complexity index is 479. The summed E-state index contributed by atoms with van der Waals surface area (Å²) in [5.41, 5.74) is 6.62. The predicted octanol–water partition coefficient (Wildman–Crippen LogP) is 0.277. The van der Waals surface area contributed by atoms with E-state index in [1.807, 2.05) is 13.0 Å². The van der Waals surface area contributed by atoms with Gasteiger partial charge >= 0.3 is 0 Å². The van der Waals surface area contributed by atoms with Crippen LogP contribution < -0.4 is 5.73 Å². The molecule has 1 aromatic rings. The van der Waals surface area contributed by atoms with Gasteiger partial charge in [0.1, 0.15) is 11.5 Å². The van der Waals surface area contributed by atoms with Crippen molar-refractivity contribution in [1.82, 2.24) is 4.90 Å². The van der Waals surface area contributed by atoms with E-state index in [-0.39, 0.29) is 11.5 Å². The van der Waals surface area contributed by atoms with Gasteiger partial charge < -0.3 is 10.2 Å². The molecule has 1 aliphatic rings. The van der Waals surface area contributed by atoms with Gasteiger partial charge in [0.25, 0.3) is 0 Å². The van der Waals surface area contributed by atoms with E-state index in [1.165, 1.54) is 0 Å². The Balaban J connectivity index is 1.99. The van der Waals surface area contributed by atoms with Gasteiger partial charge in [0.15, 0.2) is 9.84 Å². The first-order chi connectivity index (χ1) is 8.00. The Morgan fingerprint density at radius 1 is 1.41 bits per heavy atom. The van der Waals surface area contributed by atoms with Crippen molar-refractivity contribution in [3.05, 3.63) is 23.2 Å². The van der Waals surface area contributed by atoms with Crippen LogP contribution in [-0.2, 0) is 22.9 Å². The first-order valence-corrected chi connectivity index (χ1v) is 7.53. The molecule has 0 unspecified atom stereocenters. The number of hydrogen-bond acceptors (Lipinski definition) is 5. The molecular weight excluding hydrogens is 240 g/mol. The van der Waals surface area contributed by atoms with Crippen molar-refractivity contribution in [3.8, 4) is 0 Å². The van der Waals surface area contributed by atoms with Crippen LogP contribution in [0.1, 0.15) is 17.1 Å². The van der Waals surface area contributed by atoms with Gasteiger partial charge in [0.2, 0.25) is 0 Å². The summed E-state index contributed by atoms with van der Waals surface area (Å²) in [5.74, 6) is 2.17. The fraction of sp³-hybridized carbons (Fsp3) is 0.636. The maximum absolute atomic E-state index is 11.3. The predicted molar refractivity (Wildman–Crippen MR) is 65.3 cm³/mol. The molecule has 1 aliphatic heterocycles. The highest BCUT2D eigenvalue weighted by Gasteiger charge is 2.22. The molecule has 1 saturated heterocycles. The lowest BCUT2D eigenvalue weighted by Gasteiger charge is -2.26. The van der Waals surface area contributed by atoms with Crippen LogP contribution in [0.5, 0.6) is 0 Å². The molecule has 17 heavy (non-hydrogen) atoms. The summed E-state index contributed by atoms with van der Waals surface area (Å²) in [6.07, 6.45) is 0. The fourth-order valence-electron chi connectivity index (χ4n) is 1.99. The second kappa shape index (κ2) is 4.80. The lowest BCUT2D eigenvalue weighted by Crippen LogP contribution is -2.39. The first-order valence-electron chi connectivity index (χ1n) is 5.71. The molecule has 0 saturated carbocycles. The van der Waals surface area contributed by atoms with Gasteiger partial charge in [-0.3, -0.25) is 4.90 Å². The minimum Gasteiger partial charge on any atom is -0.465 e. The topological polar surface area (TPSA) is 76.5 Å². The Morgan fingerprint density at radius 2 is 2.06 bits per heavy atom. The van der Waals surface area contributed by atoms with Gasteiger partial charge in [-0.2, -0.15) is 0 Å². The second-order valence-electron chi connectivity index (χ2n) is 4.43. The van der Waals surface area contributed by atoms with Gasteiger partial charge in [0.05, 0.1) is 18.1 Å². The van der Waals surface area contributed by atoms with Gasteiger partial charge in [-0.05, 0) is 13.0 Å². The van der Waals surface area contributed by atoms with Crippen molar-refractivity contribution in [2.45, 2.75) is 20.0 Å². The molecule has 2 N–H and O–H groups in total. The molecule has 1 fully saturated rings. The van der Waals surface area contributed by atoms with Crippen LogP contribution in [0.4, 0.5) is 0 Å². The molecule has 0 aliphatic carbocycles. The SMILES string of the molecule is Cc1oc(CN)cc1CN1CCS(=O)(=O)CC1. The monoisotopic (exact) mass is 258 g/mol. The van der Waals surface area contributed by atoms with Crippen molar-refractivity contribution in [1.29, 1.82) is 0 Å². The first kappa shape index (κ1) is 12.6. The van der Waals surface area contributed by atoms with E-state index >= 15 is 0 Å². The average molecular weight is 258 g/mol. The van der Waals surface area contributed by atoms with Crippen LogP contribution in [0, 0.1) is 6.92 Å². The van der Waals surface area contributed by atoms with E-state index in [9.17, 15) is 8.42 Å². The average Bonchev–Trinajstić information content (AvgIpc) is 2.63. The number of furan rings is 1. The zero-order valence-corrected chi connectivity index (χ0v) is 10.8. The van der Waals surface area contributed by atoms with Gasteiger partial charge in [0, 0.05) is 25.2 Å². The summed E-state index contributed by atoms with van der Waals surface area (Å²) in [7, 11) is -2.80. The highest BCUT2D eigenvalue weighted by Crippen LogP contribution is 2.17. The number of hydrogen-bond donors (Lipinski definition) is 1. The smallest absolute Gasteiger partial charge is 0.152 e. The third kappa shape index (κ3) is 3.08. The van der Waals surface area contributed by atoms with Crippen molar-refractivity contribution < 1.29 is 12.8 Å². The van der Waals surface area contributed by atoms with E-state index in [0.29, 0.717) is 19.6 Å². The number of nitrogens with two attached hydrogens (primary N) is 1. The lowest BCUT2D eigenvalue weighted by atomic mass is 10.2. The minimum atomic E-state index is -2.80. The summed E-state index contributed by atoms with van der Waals surface area (Å²) in [5, 5.41) is 0. The quantitative estimate of drug-likeness (QED) is 0.842. The third-order valence-corrected chi connectivity index (χ3v) is 4.71. The molecule has 2 heterocycles. The van der Waals surface area contributed by atoms with Crippen LogP contribution in [-0.4, -0.2) is 37.9 Å². The van der Waals surface area contributed by atoms with Crippen molar-refractivity contribution in [3.63, 3.8) is 0 Å². The molecule has 1 aromatic heterocycles. The number of nitrogens with zero attached hydrogens (tertiary/aromatic N) is 1. The third-order valence-electron chi connectivity index (χ3n) is 3.10. The minimum absolute atomic E-state index is 0.258. The van der Waals surface area contributed by atoms with Gasteiger partial charge in [-0.1, -0.05) is 0 Å². The molecule has 2 rings (SSSR count). The lowest BCUT2D eigenvalue weighted by molar-refractivity contribution is 0.285. The summed E-state index contributed by atoms with van der Waals surface area (Å²) in [6, 6.07) is 1.96. The Morgan fingerprint density at radius 3 is 2.59 bits per heavy atom. The molecule has 5 nitrogen and oxygen atoms in total. The number of sulfone groups is 1. The molecule has 0 radical (unpaired) electrons. The standard InChI is InChI=1S/C11H18N2O3S/c1-9-10(6-11(7-12)16-9)8-13-2-4-17(14,15)5-3-13/h6H,2-5,7-8,12H2,1H3. The maximum atomic E-state index is 11.3. The van der Waals surface area contributed by atoms with Crippen LogP contribution in [0.3, 0.4) is 0 Å². The summed E-state index contributed by atoms with van der Waals surface area (Å²) >= 11 is 0. The Kier molecular flexibility index (Phi) is 3.56. The molecule has 96 valence electrons. The highest BCUT2D eigenvalue weighted by atomic mass is 32.2. The fourth-order valence-corrected chi connectivity index (χ4v) is 3.27. The number of rotatable bonds is 3. The molecular formula is C11H18N2O3S. The van der Waals surface area contributed by atoms with Crippen LogP contribution in [0.25, 0.3) is 0 Å². The molecule has 0 spiro atoms. The maximum Gasteiger partial charge on any atom is 0.152 e. The summed E-state index contributed by atoms with van der Waals surface area (Å²) < 4.78 is 28.1. The van der Waals surface area contributed by atoms with E-state index in [1.54, 1.807) is 0 Å². The van der Waals surface area contributed by atoms with Crippen LogP contribution in [0.15, 0.2) is 10.5 Å². The molecule has 0 atom stereocenters. The molecule has 0 amide bonds. The largest absolute Gasteiger partial charge is 0.465 e. The second-order valence-corrected chi connectivity index (χ2v) is 6.73. The Hall–Kier alpha value is -0.850. The molecule has 0 bridgehead atoms. The highest BCUT2D eigenvalue weighted by molar-refractivity contribution is 7.91. The zero-order chi connectivity index (χ0) is 12.5. The Labute approximate surface area is 101 Å². The zero-order valence-electron chi connectivity index (χ0n) is 9.98. The van der Waals surface area contributed by atoms with Crippen LogP contribution in [0.2, 0.25) is 0 Å². The van der Waals surface area contributed by atoms with Crippen LogP contribution >= 0.6 is 0 Å². The number of aryl methyl sites for hydroxylation is 1. The molecule has 6 heteroatoms. The van der Waals surface area contributed by atoms with E-state index in [4.69, 9.17) is 10.2 Å². The van der Waals surface area contributed by atoms with Gasteiger partial charge in [-0.15, -0.1) is 0 Å². The normalized spacial score (nSPS) is 20.6. The van der Waals surface area contributed by atoms with E-state index < -0.39 is 9.84 Å².